The zero-order valence-electron chi connectivity index (χ0n) is 27.7. The van der Waals surface area contributed by atoms with Gasteiger partial charge in [0, 0.05) is 35.2 Å². The second-order valence-corrected chi connectivity index (χ2v) is 15.3. The molecule has 0 aliphatic carbocycles. The molecule has 15 nitrogen and oxygen atoms in total. The number of hydrogen-bond donors (Lipinski definition) is 3. The number of phosphoric ester groups is 1. The summed E-state index contributed by atoms with van der Waals surface area (Å²) in [5.74, 6) is -0.602. The summed E-state index contributed by atoms with van der Waals surface area (Å²) in [6.07, 6.45) is -3.85. The lowest BCUT2D eigenvalue weighted by molar-refractivity contribution is -0.0490. The van der Waals surface area contributed by atoms with Gasteiger partial charge >= 0.3 is 19.2 Å². The quantitative estimate of drug-likeness (QED) is 0.170. The van der Waals surface area contributed by atoms with E-state index in [2.05, 4.69) is 15.3 Å². The number of amides is 1. The number of ether oxygens (including phenoxy) is 1. The molecule has 2 aromatic heterocycles. The fourth-order valence-electron chi connectivity index (χ4n) is 5.69. The Bertz CT molecular complexity index is 2160. The fourth-order valence-corrected chi connectivity index (χ4v) is 8.96. The molecule has 6 rings (SSSR count). The van der Waals surface area contributed by atoms with Crippen molar-refractivity contribution >= 4 is 42.9 Å². The van der Waals surface area contributed by atoms with Gasteiger partial charge in [0.1, 0.15) is 35.4 Å². The highest BCUT2D eigenvalue weighted by Crippen LogP contribution is 2.57. The Hall–Kier alpha value is -4.09. The molecule has 19 heteroatoms. The van der Waals surface area contributed by atoms with E-state index in [1.807, 2.05) is 0 Å². The first-order valence-electron chi connectivity index (χ1n) is 16.1. The molecule has 1 amide bonds. The smallest absolute Gasteiger partial charge is 0.402 e. The molecule has 3 N–H and O–H groups in total. The molecule has 0 saturated carbocycles. The number of hydrogen-bond acceptors (Lipinski definition) is 12. The first kappa shape index (κ1) is 37.7. The van der Waals surface area contributed by atoms with E-state index in [0.29, 0.717) is 12.0 Å². The van der Waals surface area contributed by atoms with Crippen LogP contribution >= 0.6 is 31.2 Å². The SMILES string of the molecule is CC[C@H]1S[C@@H](n2ccc(NC(=O)c3ccccc3)nc2=O)[C@@H](F)[C@@H]1OP(=O)(OC[C@H]1O[C@@H](n2cc(C)c(=O)[nH]c2=O)C[C@@H]1O)Oc1ccccc1Cl. The summed E-state index contributed by atoms with van der Waals surface area (Å²) in [6, 6.07) is 15.7. The highest BCUT2D eigenvalue weighted by Gasteiger charge is 2.51. The molecule has 4 heterocycles. The van der Waals surface area contributed by atoms with E-state index in [9.17, 15) is 28.8 Å². The number of nitrogens with zero attached hydrogens (tertiary/aromatic N) is 3. The number of aromatic amines is 1. The van der Waals surface area contributed by atoms with E-state index in [0.717, 1.165) is 20.9 Å². The van der Waals surface area contributed by atoms with Crippen LogP contribution in [0.4, 0.5) is 10.2 Å². The van der Waals surface area contributed by atoms with E-state index in [1.165, 1.54) is 37.5 Å². The Morgan fingerprint density at radius 3 is 2.60 bits per heavy atom. The van der Waals surface area contributed by atoms with Crippen molar-refractivity contribution in [1.29, 1.82) is 0 Å². The number of carbonyl (C=O) groups excluding carboxylic acids is 1. The molecule has 0 radical (unpaired) electrons. The highest BCUT2D eigenvalue weighted by molar-refractivity contribution is 8.00. The lowest BCUT2D eigenvalue weighted by atomic mass is 10.1. The van der Waals surface area contributed by atoms with Crippen molar-refractivity contribution in [2.45, 2.75) is 68.0 Å². The molecule has 8 atom stereocenters. The number of aliphatic hydroxyl groups excluding tert-OH is 1. The third-order valence-corrected chi connectivity index (χ3v) is 11.8. The summed E-state index contributed by atoms with van der Waals surface area (Å²) in [5, 5.41) is 11.6. The monoisotopic (exact) mass is 777 g/mol. The van der Waals surface area contributed by atoms with E-state index < -0.39 is 78.6 Å². The van der Waals surface area contributed by atoms with Gasteiger partial charge in [0.25, 0.3) is 11.5 Å². The summed E-state index contributed by atoms with van der Waals surface area (Å²) < 4.78 is 56.0. The minimum atomic E-state index is -4.78. The molecule has 2 aliphatic rings. The predicted octanol–water partition coefficient (Wildman–Crippen LogP) is 4.61. The van der Waals surface area contributed by atoms with Crippen molar-refractivity contribution in [3.05, 3.63) is 121 Å². The van der Waals surface area contributed by atoms with Crippen LogP contribution in [-0.2, 0) is 18.3 Å². The number of carbonyl (C=O) groups is 1. The molecule has 52 heavy (non-hydrogen) atoms. The van der Waals surface area contributed by atoms with Gasteiger partial charge in [0.15, 0.2) is 6.17 Å². The van der Waals surface area contributed by atoms with Gasteiger partial charge in [-0.3, -0.25) is 32.8 Å². The highest BCUT2D eigenvalue weighted by atomic mass is 35.5. The van der Waals surface area contributed by atoms with E-state index >= 15 is 4.39 Å². The van der Waals surface area contributed by atoms with Gasteiger partial charge in [-0.05, 0) is 43.7 Å². The summed E-state index contributed by atoms with van der Waals surface area (Å²) >= 11 is 7.34. The lowest BCUT2D eigenvalue weighted by Crippen LogP contribution is -2.35. The van der Waals surface area contributed by atoms with Crippen LogP contribution in [0.2, 0.25) is 5.02 Å². The van der Waals surface area contributed by atoms with Crippen molar-refractivity contribution in [2.75, 3.05) is 11.9 Å². The third-order valence-electron chi connectivity index (χ3n) is 8.41. The zero-order valence-corrected chi connectivity index (χ0v) is 30.1. The number of benzene rings is 2. The predicted molar refractivity (Wildman–Crippen MR) is 190 cm³/mol. The van der Waals surface area contributed by atoms with Gasteiger partial charge < -0.3 is 19.7 Å². The van der Waals surface area contributed by atoms with Crippen LogP contribution in [0, 0.1) is 6.92 Å². The average molecular weight is 778 g/mol. The number of H-pyrrole nitrogens is 1. The first-order valence-corrected chi connectivity index (χ1v) is 18.9. The molecule has 276 valence electrons. The maximum Gasteiger partial charge on any atom is 0.530 e. The molecule has 0 spiro atoms. The number of aliphatic hydroxyl groups is 1. The van der Waals surface area contributed by atoms with Crippen LogP contribution in [0.1, 0.15) is 47.3 Å². The standard InChI is InChI=1S/C33H34ClFN5O10PS/c1-3-24-28(27(35)31(52-24)39-14-13-25(37-32(39)44)36-30(43)19-9-5-4-6-10-19)50-51(46,49-22-12-8-7-11-20(22)34)47-17-23-21(41)15-26(48-23)40-16-18(2)29(42)38-33(40)45/h4-14,16,21,23-24,26-28,31,41H,3,15,17H2,1-2H3,(H,38,42,45)(H,36,37,43,44)/t21-,23+,24+,26+,27-,28+,31+,51?/m0/s1. The third kappa shape index (κ3) is 8.26. The second-order valence-electron chi connectivity index (χ2n) is 12.0. The van der Waals surface area contributed by atoms with E-state index in [1.54, 1.807) is 49.4 Å². The van der Waals surface area contributed by atoms with Crippen LogP contribution in [0.25, 0.3) is 0 Å². The molecular weight excluding hydrogens is 744 g/mol. The van der Waals surface area contributed by atoms with Gasteiger partial charge in [-0.25, -0.2) is 18.5 Å². The maximum atomic E-state index is 16.4. The molecular formula is C33H34ClFN5O10PS. The van der Waals surface area contributed by atoms with Gasteiger partial charge in [0.2, 0.25) is 0 Å². The Morgan fingerprint density at radius 2 is 1.88 bits per heavy atom. The lowest BCUT2D eigenvalue weighted by Gasteiger charge is -2.27. The van der Waals surface area contributed by atoms with Gasteiger partial charge in [-0.1, -0.05) is 48.9 Å². The number of aromatic nitrogens is 4. The fraction of sp³-hybridized carbons (Fsp3) is 0.364. The zero-order chi connectivity index (χ0) is 37.2. The van der Waals surface area contributed by atoms with Gasteiger partial charge in [0.05, 0.1) is 17.7 Å². The minimum Gasteiger partial charge on any atom is -0.402 e. The molecule has 4 aromatic rings. The van der Waals surface area contributed by atoms with E-state index in [-0.39, 0.29) is 28.6 Å². The van der Waals surface area contributed by atoms with Gasteiger partial charge in [-0.2, -0.15) is 4.98 Å². The summed E-state index contributed by atoms with van der Waals surface area (Å²) in [7, 11) is -4.78. The number of phosphoric acid groups is 1. The number of nitrogens with one attached hydrogen (secondary N) is 2. The number of aryl methyl sites for hydroxylation is 1. The molecule has 2 aliphatic heterocycles. The molecule has 2 aromatic carbocycles. The summed E-state index contributed by atoms with van der Waals surface area (Å²) in [5.41, 5.74) is -1.56. The van der Waals surface area contributed by atoms with Crippen LogP contribution in [0.15, 0.2) is 87.4 Å². The molecule has 2 saturated heterocycles. The van der Waals surface area contributed by atoms with Crippen molar-refractivity contribution in [2.24, 2.45) is 0 Å². The number of thioether (sulfide) groups is 1. The number of halogens is 2. The number of para-hydroxylation sites is 1. The van der Waals surface area contributed by atoms with Gasteiger partial charge in [-0.15, -0.1) is 11.8 Å². The largest absolute Gasteiger partial charge is 0.530 e. The van der Waals surface area contributed by atoms with Crippen LogP contribution < -0.4 is 26.8 Å². The summed E-state index contributed by atoms with van der Waals surface area (Å²) in [6.45, 7) is 2.69. The number of anilines is 1. The first-order chi connectivity index (χ1) is 24.9. The topological polar surface area (TPSA) is 193 Å². The molecule has 2 fully saturated rings. The minimum absolute atomic E-state index is 0.0292. The van der Waals surface area contributed by atoms with Crippen LogP contribution in [0.3, 0.4) is 0 Å². The Morgan fingerprint density at radius 1 is 1.15 bits per heavy atom. The Labute approximate surface area is 304 Å². The second kappa shape index (κ2) is 15.9. The van der Waals surface area contributed by atoms with Crippen molar-refractivity contribution in [1.82, 2.24) is 19.1 Å². The molecule has 1 unspecified atom stereocenters. The Balaban J connectivity index is 1.20. The van der Waals surface area contributed by atoms with Crippen molar-refractivity contribution in [3.63, 3.8) is 0 Å². The number of rotatable bonds is 12. The van der Waals surface area contributed by atoms with Crippen LogP contribution in [-0.4, -0.2) is 66.5 Å². The summed E-state index contributed by atoms with van der Waals surface area (Å²) in [4.78, 5) is 56.0. The molecule has 0 bridgehead atoms. The average Bonchev–Trinajstić information content (AvgIpc) is 3.64. The van der Waals surface area contributed by atoms with Crippen LogP contribution in [0.5, 0.6) is 5.75 Å². The Kier molecular flexibility index (Phi) is 11.5. The maximum absolute atomic E-state index is 16.4. The van der Waals surface area contributed by atoms with Crippen molar-refractivity contribution < 1.29 is 37.2 Å². The van der Waals surface area contributed by atoms with E-state index in [4.69, 9.17) is 29.9 Å². The number of alkyl halides is 1. The van der Waals surface area contributed by atoms with Crippen molar-refractivity contribution in [3.8, 4) is 5.75 Å². The normalized spacial score (nSPS) is 25.4.